The summed E-state index contributed by atoms with van der Waals surface area (Å²) < 4.78 is 7.25. The van der Waals surface area contributed by atoms with Crippen LogP contribution in [0.4, 0.5) is 0 Å². The fourth-order valence-corrected chi connectivity index (χ4v) is 4.34. The number of unbranched alkanes of at least 4 members (excludes halogenated alkanes) is 1. The molecule has 2 aromatic carbocycles. The van der Waals surface area contributed by atoms with Crippen LogP contribution in [0.25, 0.3) is 22.5 Å². The molecule has 0 saturated heterocycles. The van der Waals surface area contributed by atoms with E-state index in [9.17, 15) is 9.90 Å². The lowest BCUT2D eigenvalue weighted by Crippen LogP contribution is -2.13. The first-order chi connectivity index (χ1) is 17.4. The Hall–Kier alpha value is -3.56. The first-order valence-corrected chi connectivity index (χ1v) is 12.4. The summed E-state index contributed by atoms with van der Waals surface area (Å²) in [4.78, 5) is 17.6. The van der Waals surface area contributed by atoms with E-state index >= 15 is 0 Å². The number of carboxylic acids is 1. The van der Waals surface area contributed by atoms with Crippen LogP contribution >= 0.6 is 11.6 Å². The zero-order valence-corrected chi connectivity index (χ0v) is 21.3. The minimum Gasteiger partial charge on any atom is -0.476 e. The number of aromatic nitrogens is 6. The molecule has 0 unspecified atom stereocenters. The highest BCUT2D eigenvalue weighted by Gasteiger charge is 2.21. The second-order valence-corrected chi connectivity index (χ2v) is 8.75. The molecule has 0 saturated carbocycles. The van der Waals surface area contributed by atoms with Crippen molar-refractivity contribution in [1.82, 2.24) is 29.8 Å². The normalized spacial score (nSPS) is 12.1. The molecule has 0 bridgehead atoms. The van der Waals surface area contributed by atoms with E-state index in [1.807, 2.05) is 62.4 Å². The second-order valence-electron chi connectivity index (χ2n) is 8.39. The minimum atomic E-state index is -1.08. The largest absolute Gasteiger partial charge is 0.476 e. The maximum Gasteiger partial charge on any atom is 0.355 e. The number of carboxylic acid groups (broad SMARTS) is 1. The van der Waals surface area contributed by atoms with E-state index in [1.54, 1.807) is 4.57 Å². The van der Waals surface area contributed by atoms with Gasteiger partial charge in [0.05, 0.1) is 0 Å². The molecular formula is C26H29ClN6O3. The Morgan fingerprint density at radius 1 is 1.11 bits per heavy atom. The van der Waals surface area contributed by atoms with Crippen molar-refractivity contribution < 1.29 is 14.6 Å². The van der Waals surface area contributed by atoms with Gasteiger partial charge in [-0.15, -0.1) is 15.0 Å². The monoisotopic (exact) mass is 508 g/mol. The van der Waals surface area contributed by atoms with Crippen molar-refractivity contribution in [2.24, 2.45) is 0 Å². The second kappa shape index (κ2) is 11.5. The van der Waals surface area contributed by atoms with E-state index in [4.69, 9.17) is 16.3 Å². The highest BCUT2D eigenvalue weighted by Crippen LogP contribution is 2.30. The van der Waals surface area contributed by atoms with Gasteiger partial charge < -0.3 is 14.4 Å². The van der Waals surface area contributed by atoms with Crippen molar-refractivity contribution >= 4 is 17.6 Å². The van der Waals surface area contributed by atoms with Gasteiger partial charge in [-0.25, -0.2) is 9.78 Å². The molecule has 0 aliphatic rings. The summed E-state index contributed by atoms with van der Waals surface area (Å²) in [5.41, 5.74) is 3.77. The number of carbonyl (C=O) groups is 1. The molecular weight excluding hydrogens is 480 g/mol. The number of imidazole rings is 1. The van der Waals surface area contributed by atoms with E-state index in [1.165, 1.54) is 4.80 Å². The molecule has 4 aromatic rings. The predicted molar refractivity (Wildman–Crippen MR) is 137 cm³/mol. The summed E-state index contributed by atoms with van der Waals surface area (Å²) in [6, 6.07) is 15.9. The standard InChI is InChI=1S/C26H29ClN6O3/c1-4-6-11-22-28-24(27)23(26(34)35)32(22)16-18-12-14-19(15-13-18)20-9-7-8-10-21(20)25-29-31-33(30-25)17(3)36-5-2/h7-10,12-15,17H,4-6,11,16H2,1-3H3,(H,34,35)/t17-/m0/s1. The van der Waals surface area contributed by atoms with Gasteiger partial charge in [-0.05, 0) is 42.2 Å². The molecule has 0 spiro atoms. The number of hydrogen-bond donors (Lipinski definition) is 1. The summed E-state index contributed by atoms with van der Waals surface area (Å²) in [5.74, 6) is 0.116. The zero-order valence-electron chi connectivity index (χ0n) is 20.6. The van der Waals surface area contributed by atoms with E-state index in [2.05, 4.69) is 27.3 Å². The topological polar surface area (TPSA) is 108 Å². The van der Waals surface area contributed by atoms with Crippen LogP contribution in [0.5, 0.6) is 0 Å². The van der Waals surface area contributed by atoms with Gasteiger partial charge in [0.15, 0.2) is 17.1 Å². The first-order valence-electron chi connectivity index (χ1n) is 12.0. The number of ether oxygens (including phenoxy) is 1. The maximum atomic E-state index is 11.8. The lowest BCUT2D eigenvalue weighted by atomic mass is 9.98. The Balaban J connectivity index is 1.62. The molecule has 0 aliphatic carbocycles. The van der Waals surface area contributed by atoms with Gasteiger partial charge in [-0.2, -0.15) is 0 Å². The summed E-state index contributed by atoms with van der Waals surface area (Å²) in [6.45, 7) is 6.80. The van der Waals surface area contributed by atoms with Crippen LogP contribution in [-0.2, 0) is 17.7 Å². The average molecular weight is 509 g/mol. The molecule has 1 N–H and O–H groups in total. The molecule has 0 radical (unpaired) electrons. The maximum absolute atomic E-state index is 11.8. The number of halogens is 1. The summed E-state index contributed by atoms with van der Waals surface area (Å²) >= 11 is 6.17. The van der Waals surface area contributed by atoms with Gasteiger partial charge in [0.1, 0.15) is 5.82 Å². The minimum absolute atomic E-state index is 0.0210. The summed E-state index contributed by atoms with van der Waals surface area (Å²) in [5, 5.41) is 22.6. The number of rotatable bonds is 11. The van der Waals surface area contributed by atoms with E-state index in [0.717, 1.165) is 35.1 Å². The number of nitrogens with zero attached hydrogens (tertiary/aromatic N) is 6. The number of tetrazole rings is 1. The first kappa shape index (κ1) is 25.5. The Kier molecular flexibility index (Phi) is 8.12. The van der Waals surface area contributed by atoms with Crippen molar-refractivity contribution in [1.29, 1.82) is 0 Å². The molecule has 36 heavy (non-hydrogen) atoms. The fraction of sp³-hybridized carbons (Fsp3) is 0.346. The molecule has 2 heterocycles. The lowest BCUT2D eigenvalue weighted by Gasteiger charge is -2.12. The van der Waals surface area contributed by atoms with Crippen molar-refractivity contribution in [3.05, 3.63) is 70.8 Å². The smallest absolute Gasteiger partial charge is 0.355 e. The van der Waals surface area contributed by atoms with Gasteiger partial charge in [0.2, 0.25) is 5.82 Å². The van der Waals surface area contributed by atoms with E-state index in [-0.39, 0.29) is 17.1 Å². The molecule has 0 aliphatic heterocycles. The Bertz CT molecular complexity index is 1330. The lowest BCUT2D eigenvalue weighted by molar-refractivity contribution is 0.00478. The molecule has 1 atom stereocenters. The fourth-order valence-electron chi connectivity index (χ4n) is 4.06. The van der Waals surface area contributed by atoms with Crippen LogP contribution in [-0.4, -0.2) is 47.4 Å². The van der Waals surface area contributed by atoms with Crippen LogP contribution in [0.3, 0.4) is 0 Å². The Morgan fingerprint density at radius 2 is 1.83 bits per heavy atom. The van der Waals surface area contributed by atoms with E-state index in [0.29, 0.717) is 31.2 Å². The van der Waals surface area contributed by atoms with Crippen molar-refractivity contribution in [3.8, 4) is 22.5 Å². The molecule has 4 rings (SSSR count). The quantitative estimate of drug-likeness (QED) is 0.285. The van der Waals surface area contributed by atoms with Gasteiger partial charge in [-0.3, -0.25) is 0 Å². The Morgan fingerprint density at radius 3 is 2.50 bits per heavy atom. The van der Waals surface area contributed by atoms with Gasteiger partial charge >= 0.3 is 5.97 Å². The average Bonchev–Trinajstić information content (AvgIpc) is 3.48. The van der Waals surface area contributed by atoms with Gasteiger partial charge in [-0.1, -0.05) is 73.5 Å². The Labute approximate surface area is 214 Å². The zero-order chi connectivity index (χ0) is 25.7. The third-order valence-corrected chi connectivity index (χ3v) is 6.16. The van der Waals surface area contributed by atoms with Crippen molar-refractivity contribution in [2.75, 3.05) is 6.61 Å². The number of benzene rings is 2. The number of hydrogen-bond acceptors (Lipinski definition) is 6. The van der Waals surface area contributed by atoms with Crippen molar-refractivity contribution in [2.45, 2.75) is 52.8 Å². The number of aryl methyl sites for hydroxylation is 1. The van der Waals surface area contributed by atoms with Crippen LogP contribution in [0.15, 0.2) is 48.5 Å². The molecule has 0 fully saturated rings. The third kappa shape index (κ3) is 5.47. The molecule has 0 amide bonds. The number of aromatic carboxylic acids is 1. The predicted octanol–water partition coefficient (Wildman–Crippen LogP) is 5.50. The molecule has 188 valence electrons. The highest BCUT2D eigenvalue weighted by molar-refractivity contribution is 6.32. The molecule has 10 heteroatoms. The summed E-state index contributed by atoms with van der Waals surface area (Å²) in [7, 11) is 0. The van der Waals surface area contributed by atoms with Crippen LogP contribution in [0.1, 0.15) is 61.7 Å². The van der Waals surface area contributed by atoms with Crippen LogP contribution < -0.4 is 0 Å². The summed E-state index contributed by atoms with van der Waals surface area (Å²) in [6.07, 6.45) is 2.25. The van der Waals surface area contributed by atoms with Crippen LogP contribution in [0, 0.1) is 0 Å². The van der Waals surface area contributed by atoms with Crippen molar-refractivity contribution in [3.63, 3.8) is 0 Å². The third-order valence-electron chi connectivity index (χ3n) is 5.90. The molecule has 2 aromatic heterocycles. The van der Waals surface area contributed by atoms with Gasteiger partial charge in [0, 0.05) is 25.1 Å². The SMILES string of the molecule is CCCCc1nc(Cl)c(C(=O)O)n1Cc1ccc(-c2ccccc2-c2nnn([C@H](C)OCC)n2)cc1. The van der Waals surface area contributed by atoms with Crippen LogP contribution in [0.2, 0.25) is 5.15 Å². The molecule has 9 nitrogen and oxygen atoms in total. The van der Waals surface area contributed by atoms with Gasteiger partial charge in [0.25, 0.3) is 0 Å². The van der Waals surface area contributed by atoms with E-state index < -0.39 is 5.97 Å². The highest BCUT2D eigenvalue weighted by atomic mass is 35.5.